The van der Waals surface area contributed by atoms with Crippen molar-refractivity contribution in [1.82, 2.24) is 0 Å². The molecule has 1 aliphatic carbocycles. The summed E-state index contributed by atoms with van der Waals surface area (Å²) >= 11 is 0. The van der Waals surface area contributed by atoms with Gasteiger partial charge in [-0.05, 0) is 36.8 Å². The fourth-order valence-corrected chi connectivity index (χ4v) is 2.58. The van der Waals surface area contributed by atoms with E-state index in [2.05, 4.69) is 6.07 Å². The number of fused-ring (bicyclic) bond motifs is 1. The van der Waals surface area contributed by atoms with E-state index in [-0.39, 0.29) is 6.61 Å². The molecule has 1 atom stereocenters. The molecule has 0 saturated heterocycles. The van der Waals surface area contributed by atoms with Gasteiger partial charge in [0.15, 0.2) is 11.5 Å². The quantitative estimate of drug-likeness (QED) is 0.848. The Balaban J connectivity index is 2.39. The molecular formula is C13H18O3. The highest BCUT2D eigenvalue weighted by atomic mass is 16.5. The number of hydrogen-bond donors (Lipinski definition) is 1. The van der Waals surface area contributed by atoms with Gasteiger partial charge >= 0.3 is 0 Å². The minimum Gasteiger partial charge on any atom is -0.493 e. The molecule has 3 nitrogen and oxygen atoms in total. The van der Waals surface area contributed by atoms with Gasteiger partial charge in [0.2, 0.25) is 0 Å². The van der Waals surface area contributed by atoms with E-state index in [0.29, 0.717) is 5.92 Å². The van der Waals surface area contributed by atoms with Crippen molar-refractivity contribution in [3.63, 3.8) is 0 Å². The molecule has 0 amide bonds. The van der Waals surface area contributed by atoms with Crippen LogP contribution in [0.5, 0.6) is 11.5 Å². The number of aliphatic hydroxyl groups excluding tert-OH is 1. The summed E-state index contributed by atoms with van der Waals surface area (Å²) < 4.78 is 10.7. The average Bonchev–Trinajstić information content (AvgIpc) is 2.72. The van der Waals surface area contributed by atoms with Gasteiger partial charge in [-0.1, -0.05) is 6.07 Å². The maximum atomic E-state index is 9.02. The molecule has 88 valence electrons. The van der Waals surface area contributed by atoms with Gasteiger partial charge in [0.05, 0.1) is 14.2 Å². The van der Waals surface area contributed by atoms with Gasteiger partial charge in [-0.2, -0.15) is 0 Å². The van der Waals surface area contributed by atoms with Gasteiger partial charge in [0.1, 0.15) is 0 Å². The van der Waals surface area contributed by atoms with Crippen molar-refractivity contribution in [2.24, 2.45) is 0 Å². The van der Waals surface area contributed by atoms with E-state index in [1.54, 1.807) is 14.2 Å². The summed E-state index contributed by atoms with van der Waals surface area (Å²) in [6.07, 6.45) is 2.95. The first-order valence-electron chi connectivity index (χ1n) is 5.66. The molecule has 0 radical (unpaired) electrons. The van der Waals surface area contributed by atoms with Crippen molar-refractivity contribution in [1.29, 1.82) is 0 Å². The molecule has 3 heteroatoms. The first-order valence-corrected chi connectivity index (χ1v) is 5.66. The molecule has 0 bridgehead atoms. The van der Waals surface area contributed by atoms with E-state index >= 15 is 0 Å². The maximum absolute atomic E-state index is 9.02. The summed E-state index contributed by atoms with van der Waals surface area (Å²) in [6, 6.07) is 4.05. The number of ether oxygens (including phenoxy) is 2. The molecule has 0 aromatic heterocycles. The highest BCUT2D eigenvalue weighted by Gasteiger charge is 2.26. The van der Waals surface area contributed by atoms with Crippen molar-refractivity contribution in [3.8, 4) is 11.5 Å². The second-order valence-electron chi connectivity index (χ2n) is 4.12. The summed E-state index contributed by atoms with van der Waals surface area (Å²) in [5, 5.41) is 9.02. The number of benzene rings is 1. The van der Waals surface area contributed by atoms with Crippen LogP contribution in [0.15, 0.2) is 12.1 Å². The Morgan fingerprint density at radius 3 is 2.75 bits per heavy atom. The lowest BCUT2D eigenvalue weighted by Gasteiger charge is -2.14. The Kier molecular flexibility index (Phi) is 3.34. The second kappa shape index (κ2) is 4.74. The Labute approximate surface area is 96.0 Å². The van der Waals surface area contributed by atoms with Crippen LogP contribution in [0.2, 0.25) is 0 Å². The predicted molar refractivity (Wildman–Crippen MR) is 62.3 cm³/mol. The third-order valence-electron chi connectivity index (χ3n) is 3.34. The molecule has 2 rings (SSSR count). The monoisotopic (exact) mass is 222 g/mol. The molecule has 0 saturated carbocycles. The molecule has 1 aromatic carbocycles. The van der Waals surface area contributed by atoms with Gasteiger partial charge in [0, 0.05) is 12.2 Å². The van der Waals surface area contributed by atoms with Crippen molar-refractivity contribution in [2.75, 3.05) is 20.8 Å². The average molecular weight is 222 g/mol. The summed E-state index contributed by atoms with van der Waals surface area (Å²) in [5.41, 5.74) is 2.56. The van der Waals surface area contributed by atoms with E-state index in [9.17, 15) is 0 Å². The predicted octanol–water partition coefficient (Wildman–Crippen LogP) is 2.12. The topological polar surface area (TPSA) is 38.7 Å². The van der Waals surface area contributed by atoms with Gasteiger partial charge < -0.3 is 14.6 Å². The molecular weight excluding hydrogens is 204 g/mol. The number of hydrogen-bond acceptors (Lipinski definition) is 3. The molecule has 0 aliphatic heterocycles. The van der Waals surface area contributed by atoms with Crippen LogP contribution >= 0.6 is 0 Å². The van der Waals surface area contributed by atoms with Gasteiger partial charge in [-0.15, -0.1) is 0 Å². The van der Waals surface area contributed by atoms with Crippen LogP contribution in [0.1, 0.15) is 29.9 Å². The summed E-state index contributed by atoms with van der Waals surface area (Å²) in [4.78, 5) is 0. The molecule has 16 heavy (non-hydrogen) atoms. The fourth-order valence-electron chi connectivity index (χ4n) is 2.58. The van der Waals surface area contributed by atoms with Crippen LogP contribution in [-0.4, -0.2) is 25.9 Å². The van der Waals surface area contributed by atoms with Gasteiger partial charge in [0.25, 0.3) is 0 Å². The van der Waals surface area contributed by atoms with Gasteiger partial charge in [-0.3, -0.25) is 0 Å². The van der Waals surface area contributed by atoms with E-state index < -0.39 is 0 Å². The minimum atomic E-state index is 0.248. The molecule has 1 unspecified atom stereocenters. The largest absolute Gasteiger partial charge is 0.493 e. The Morgan fingerprint density at radius 1 is 1.31 bits per heavy atom. The molecule has 1 aliphatic rings. The SMILES string of the molecule is COc1ccc2c(c1OC)CCC2CCO. The van der Waals surface area contributed by atoms with E-state index in [1.807, 2.05) is 6.07 Å². The Morgan fingerprint density at radius 2 is 2.12 bits per heavy atom. The second-order valence-corrected chi connectivity index (χ2v) is 4.12. The molecule has 0 fully saturated rings. The van der Waals surface area contributed by atoms with Crippen molar-refractivity contribution < 1.29 is 14.6 Å². The van der Waals surface area contributed by atoms with Crippen molar-refractivity contribution >= 4 is 0 Å². The van der Waals surface area contributed by atoms with Crippen molar-refractivity contribution in [3.05, 3.63) is 23.3 Å². The summed E-state index contributed by atoms with van der Waals surface area (Å²) in [7, 11) is 3.34. The minimum absolute atomic E-state index is 0.248. The lowest BCUT2D eigenvalue weighted by Crippen LogP contribution is -1.99. The van der Waals surface area contributed by atoms with Gasteiger partial charge in [-0.25, -0.2) is 0 Å². The third kappa shape index (κ3) is 1.76. The van der Waals surface area contributed by atoms with Crippen LogP contribution in [0.4, 0.5) is 0 Å². The Hall–Kier alpha value is -1.22. The zero-order valence-electron chi connectivity index (χ0n) is 9.82. The summed E-state index contributed by atoms with van der Waals surface area (Å²) in [5.74, 6) is 2.13. The highest BCUT2D eigenvalue weighted by Crippen LogP contribution is 2.44. The standard InChI is InChI=1S/C13H18O3/c1-15-12-6-5-10-9(7-8-14)3-4-11(10)13(12)16-2/h5-6,9,14H,3-4,7-8H2,1-2H3. The van der Waals surface area contributed by atoms with Crippen LogP contribution in [0, 0.1) is 0 Å². The van der Waals surface area contributed by atoms with E-state index in [0.717, 1.165) is 30.8 Å². The zero-order valence-corrected chi connectivity index (χ0v) is 9.82. The maximum Gasteiger partial charge on any atom is 0.164 e. The number of rotatable bonds is 4. The summed E-state index contributed by atoms with van der Waals surface area (Å²) in [6.45, 7) is 0.248. The van der Waals surface area contributed by atoms with E-state index in [4.69, 9.17) is 14.6 Å². The zero-order chi connectivity index (χ0) is 11.5. The first kappa shape index (κ1) is 11.3. The molecule has 1 N–H and O–H groups in total. The third-order valence-corrected chi connectivity index (χ3v) is 3.34. The lowest BCUT2D eigenvalue weighted by atomic mass is 9.98. The highest BCUT2D eigenvalue weighted by molar-refractivity contribution is 5.53. The lowest BCUT2D eigenvalue weighted by molar-refractivity contribution is 0.275. The fraction of sp³-hybridized carbons (Fsp3) is 0.538. The smallest absolute Gasteiger partial charge is 0.164 e. The number of aliphatic hydroxyl groups is 1. The van der Waals surface area contributed by atoms with Crippen LogP contribution in [0.25, 0.3) is 0 Å². The normalized spacial score (nSPS) is 18.3. The van der Waals surface area contributed by atoms with Crippen LogP contribution in [-0.2, 0) is 6.42 Å². The molecule has 1 aromatic rings. The van der Waals surface area contributed by atoms with Crippen LogP contribution in [0.3, 0.4) is 0 Å². The van der Waals surface area contributed by atoms with E-state index in [1.165, 1.54) is 11.1 Å². The molecule has 0 heterocycles. The van der Waals surface area contributed by atoms with Crippen molar-refractivity contribution in [2.45, 2.75) is 25.2 Å². The Bertz CT molecular complexity index is 374. The molecule has 0 spiro atoms. The first-order chi connectivity index (χ1) is 7.81. The van der Waals surface area contributed by atoms with Crippen LogP contribution < -0.4 is 9.47 Å². The number of methoxy groups -OCH3 is 2.